The molecule has 2 atom stereocenters. The molecule has 2 N–H and O–H groups in total. The molecule has 3 nitrogen and oxygen atoms in total. The van der Waals surface area contributed by atoms with E-state index in [-0.39, 0.29) is 6.04 Å². The van der Waals surface area contributed by atoms with Crippen molar-refractivity contribution >= 4 is 11.6 Å². The van der Waals surface area contributed by atoms with Gasteiger partial charge in [-0.05, 0) is 63.7 Å². The molecular formula is C16H26ClN3. The Balaban J connectivity index is 2.18. The van der Waals surface area contributed by atoms with Gasteiger partial charge in [-0.25, -0.2) is 0 Å². The van der Waals surface area contributed by atoms with Crippen LogP contribution in [0.4, 0.5) is 0 Å². The number of nitrogens with zero attached hydrogens (tertiary/aromatic N) is 2. The van der Waals surface area contributed by atoms with Crippen LogP contribution in [0.3, 0.4) is 0 Å². The quantitative estimate of drug-likeness (QED) is 0.927. The van der Waals surface area contributed by atoms with Gasteiger partial charge in [0.15, 0.2) is 0 Å². The zero-order valence-electron chi connectivity index (χ0n) is 12.8. The van der Waals surface area contributed by atoms with Crippen LogP contribution >= 0.6 is 11.6 Å². The maximum absolute atomic E-state index is 6.07. The number of aryl methyl sites for hydroxylation is 1. The Bertz CT molecular complexity index is 449. The lowest BCUT2D eigenvalue weighted by Gasteiger charge is -2.40. The molecule has 0 spiro atoms. The van der Waals surface area contributed by atoms with Crippen molar-refractivity contribution in [2.45, 2.75) is 31.8 Å². The highest BCUT2D eigenvalue weighted by atomic mass is 35.5. The van der Waals surface area contributed by atoms with E-state index in [0.29, 0.717) is 12.6 Å². The Hall–Kier alpha value is -0.610. The summed E-state index contributed by atoms with van der Waals surface area (Å²) in [5.74, 6) is 0. The third-order valence-electron chi connectivity index (χ3n) is 4.48. The molecule has 0 radical (unpaired) electrons. The third-order valence-corrected chi connectivity index (χ3v) is 4.72. The maximum Gasteiger partial charge on any atom is 0.0473 e. The first-order valence-corrected chi connectivity index (χ1v) is 7.77. The van der Waals surface area contributed by atoms with E-state index >= 15 is 0 Å². The number of likely N-dealkylation sites (N-methyl/N-ethyl adjacent to an activating group) is 2. The lowest BCUT2D eigenvalue weighted by Crippen LogP contribution is -2.47. The number of halogens is 1. The molecule has 0 aliphatic carbocycles. The van der Waals surface area contributed by atoms with E-state index in [4.69, 9.17) is 17.3 Å². The van der Waals surface area contributed by atoms with Crippen molar-refractivity contribution in [1.82, 2.24) is 9.80 Å². The Labute approximate surface area is 127 Å². The summed E-state index contributed by atoms with van der Waals surface area (Å²) in [5.41, 5.74) is 8.59. The molecular weight excluding hydrogens is 270 g/mol. The Kier molecular flexibility index (Phi) is 5.44. The van der Waals surface area contributed by atoms with E-state index in [0.717, 1.165) is 11.6 Å². The topological polar surface area (TPSA) is 32.5 Å². The van der Waals surface area contributed by atoms with Gasteiger partial charge in [0.2, 0.25) is 0 Å². The van der Waals surface area contributed by atoms with Crippen LogP contribution in [0, 0.1) is 6.92 Å². The molecule has 1 aliphatic heterocycles. The molecule has 1 saturated heterocycles. The van der Waals surface area contributed by atoms with Crippen LogP contribution < -0.4 is 5.73 Å². The average molecular weight is 296 g/mol. The molecule has 2 unspecified atom stereocenters. The van der Waals surface area contributed by atoms with Crippen LogP contribution in [-0.4, -0.2) is 49.6 Å². The second kappa shape index (κ2) is 6.90. The number of hydrogen-bond acceptors (Lipinski definition) is 3. The van der Waals surface area contributed by atoms with Crippen molar-refractivity contribution in [3.05, 3.63) is 34.3 Å². The van der Waals surface area contributed by atoms with E-state index < -0.39 is 0 Å². The smallest absolute Gasteiger partial charge is 0.0473 e. The molecule has 0 bridgehead atoms. The Morgan fingerprint density at radius 2 is 2.25 bits per heavy atom. The molecule has 1 fully saturated rings. The van der Waals surface area contributed by atoms with Crippen LogP contribution in [0.1, 0.15) is 30.0 Å². The molecule has 0 amide bonds. The second-order valence-electron chi connectivity index (χ2n) is 5.98. The third kappa shape index (κ3) is 3.53. The molecule has 1 aliphatic rings. The molecule has 1 aromatic carbocycles. The standard InChI is InChI=1S/C16H26ClN3/c1-12-9-13(17)6-7-15(12)16(10-18)20(3)14-5-4-8-19(2)11-14/h6-7,9,14,16H,4-5,8,10-11,18H2,1-3H3. The van der Waals surface area contributed by atoms with Gasteiger partial charge in [-0.3, -0.25) is 4.90 Å². The van der Waals surface area contributed by atoms with E-state index in [9.17, 15) is 0 Å². The van der Waals surface area contributed by atoms with Crippen molar-refractivity contribution in [3.8, 4) is 0 Å². The fourth-order valence-corrected chi connectivity index (χ4v) is 3.48. The predicted molar refractivity (Wildman–Crippen MR) is 86.3 cm³/mol. The summed E-state index contributed by atoms with van der Waals surface area (Å²) < 4.78 is 0. The number of nitrogens with two attached hydrogens (primary N) is 1. The van der Waals surface area contributed by atoms with E-state index in [1.807, 2.05) is 12.1 Å². The summed E-state index contributed by atoms with van der Waals surface area (Å²) >= 11 is 6.06. The second-order valence-corrected chi connectivity index (χ2v) is 6.41. The minimum absolute atomic E-state index is 0.267. The highest BCUT2D eigenvalue weighted by Gasteiger charge is 2.27. The first kappa shape index (κ1) is 15.8. The maximum atomic E-state index is 6.07. The molecule has 1 aromatic rings. The van der Waals surface area contributed by atoms with Crippen LogP contribution in [-0.2, 0) is 0 Å². The monoisotopic (exact) mass is 295 g/mol. The summed E-state index contributed by atoms with van der Waals surface area (Å²) in [6, 6.07) is 6.97. The van der Waals surface area contributed by atoms with Crippen molar-refractivity contribution in [1.29, 1.82) is 0 Å². The number of likely N-dealkylation sites (tertiary alicyclic amines) is 1. The zero-order chi connectivity index (χ0) is 14.7. The average Bonchev–Trinajstić information content (AvgIpc) is 2.41. The summed E-state index contributed by atoms with van der Waals surface area (Å²) in [7, 11) is 4.40. The van der Waals surface area contributed by atoms with Crippen molar-refractivity contribution in [2.24, 2.45) is 5.73 Å². The van der Waals surface area contributed by atoms with E-state index in [2.05, 4.69) is 36.9 Å². The first-order valence-electron chi connectivity index (χ1n) is 7.39. The number of rotatable bonds is 4. The van der Waals surface area contributed by atoms with Gasteiger partial charge < -0.3 is 10.6 Å². The normalized spacial score (nSPS) is 22.2. The molecule has 20 heavy (non-hydrogen) atoms. The van der Waals surface area contributed by atoms with E-state index in [1.54, 1.807) is 0 Å². The van der Waals surface area contributed by atoms with Gasteiger partial charge in [-0.1, -0.05) is 17.7 Å². The minimum Gasteiger partial charge on any atom is -0.329 e. The summed E-state index contributed by atoms with van der Waals surface area (Å²) in [6.07, 6.45) is 2.52. The lowest BCUT2D eigenvalue weighted by atomic mass is 9.96. The number of hydrogen-bond donors (Lipinski definition) is 1. The highest BCUT2D eigenvalue weighted by Crippen LogP contribution is 2.28. The molecule has 0 aromatic heterocycles. The Morgan fingerprint density at radius 1 is 1.50 bits per heavy atom. The minimum atomic E-state index is 0.267. The molecule has 0 saturated carbocycles. The van der Waals surface area contributed by atoms with Crippen molar-refractivity contribution < 1.29 is 0 Å². The van der Waals surface area contributed by atoms with Gasteiger partial charge >= 0.3 is 0 Å². The van der Waals surface area contributed by atoms with Gasteiger partial charge in [0.05, 0.1) is 0 Å². The fraction of sp³-hybridized carbons (Fsp3) is 0.625. The van der Waals surface area contributed by atoms with Crippen molar-refractivity contribution in [2.75, 3.05) is 33.7 Å². The van der Waals surface area contributed by atoms with E-state index in [1.165, 1.54) is 30.5 Å². The lowest BCUT2D eigenvalue weighted by molar-refractivity contribution is 0.101. The largest absolute Gasteiger partial charge is 0.329 e. The van der Waals surface area contributed by atoms with Gasteiger partial charge in [-0.2, -0.15) is 0 Å². The highest BCUT2D eigenvalue weighted by molar-refractivity contribution is 6.30. The number of benzene rings is 1. The predicted octanol–water partition coefficient (Wildman–Crippen LogP) is 2.67. The van der Waals surface area contributed by atoms with Gasteiger partial charge in [-0.15, -0.1) is 0 Å². The summed E-state index contributed by atoms with van der Waals surface area (Å²) in [4.78, 5) is 4.86. The molecule has 1 heterocycles. The number of piperidine rings is 1. The molecule has 2 rings (SSSR count). The fourth-order valence-electron chi connectivity index (χ4n) is 3.25. The molecule has 4 heteroatoms. The van der Waals surface area contributed by atoms with Crippen LogP contribution in [0.2, 0.25) is 5.02 Å². The summed E-state index contributed by atoms with van der Waals surface area (Å²) in [5, 5.41) is 0.794. The van der Waals surface area contributed by atoms with Crippen LogP contribution in [0.15, 0.2) is 18.2 Å². The van der Waals surface area contributed by atoms with Crippen LogP contribution in [0.5, 0.6) is 0 Å². The Morgan fingerprint density at radius 3 is 2.85 bits per heavy atom. The van der Waals surface area contributed by atoms with Gasteiger partial charge in [0.1, 0.15) is 0 Å². The molecule has 112 valence electrons. The van der Waals surface area contributed by atoms with Gasteiger partial charge in [0, 0.05) is 30.2 Å². The van der Waals surface area contributed by atoms with Gasteiger partial charge in [0.25, 0.3) is 0 Å². The first-order chi connectivity index (χ1) is 9.52. The van der Waals surface area contributed by atoms with Crippen LogP contribution in [0.25, 0.3) is 0 Å². The SMILES string of the molecule is Cc1cc(Cl)ccc1C(CN)N(C)C1CCCN(C)C1. The zero-order valence-corrected chi connectivity index (χ0v) is 13.5. The summed E-state index contributed by atoms with van der Waals surface area (Å²) in [6.45, 7) is 5.08. The van der Waals surface area contributed by atoms with Crippen molar-refractivity contribution in [3.63, 3.8) is 0 Å².